The van der Waals surface area contributed by atoms with Gasteiger partial charge in [-0.1, -0.05) is 20.8 Å². The van der Waals surface area contributed by atoms with Crippen molar-refractivity contribution in [2.24, 2.45) is 11.3 Å². The lowest BCUT2D eigenvalue weighted by Crippen LogP contribution is -2.37. The third kappa shape index (κ3) is 4.59. The molecule has 2 aliphatic rings. The molecule has 100 valence electrons. The van der Waals surface area contributed by atoms with Gasteiger partial charge >= 0.3 is 0 Å². The molecule has 0 amide bonds. The van der Waals surface area contributed by atoms with Gasteiger partial charge in [-0.2, -0.15) is 0 Å². The molecule has 1 N–H and O–H groups in total. The summed E-state index contributed by atoms with van der Waals surface area (Å²) in [4.78, 5) is 0. The summed E-state index contributed by atoms with van der Waals surface area (Å²) in [5.74, 6) is 0.812. The van der Waals surface area contributed by atoms with Crippen molar-refractivity contribution in [1.29, 1.82) is 0 Å². The first-order chi connectivity index (χ1) is 7.94. The summed E-state index contributed by atoms with van der Waals surface area (Å²) in [5, 5.41) is 3.55. The fourth-order valence-corrected chi connectivity index (χ4v) is 3.36. The van der Waals surface area contributed by atoms with Gasteiger partial charge in [-0.15, -0.1) is 0 Å². The Hall–Kier alpha value is -0.0800. The van der Waals surface area contributed by atoms with Crippen molar-refractivity contribution in [1.82, 2.24) is 5.32 Å². The summed E-state index contributed by atoms with van der Waals surface area (Å²) >= 11 is 0. The largest absolute Gasteiger partial charge is 0.374 e. The standard InChI is InChI=1S/C15H29NO/c1-11-7-14(9-15(3,4)8-11)17-12(2)10-16-13-5-6-13/h11-14,16H,5-10H2,1-4H3. The summed E-state index contributed by atoms with van der Waals surface area (Å²) in [6.45, 7) is 10.4. The zero-order valence-electron chi connectivity index (χ0n) is 12.0. The van der Waals surface area contributed by atoms with Gasteiger partial charge in [0, 0.05) is 12.6 Å². The van der Waals surface area contributed by atoms with E-state index >= 15 is 0 Å². The predicted octanol–water partition coefficient (Wildman–Crippen LogP) is 3.36. The zero-order chi connectivity index (χ0) is 12.5. The lowest BCUT2D eigenvalue weighted by molar-refractivity contribution is -0.0576. The van der Waals surface area contributed by atoms with E-state index in [0.717, 1.165) is 18.5 Å². The Bertz CT molecular complexity index is 247. The maximum Gasteiger partial charge on any atom is 0.0675 e. The maximum atomic E-state index is 6.21. The Kier molecular flexibility index (Phi) is 4.14. The van der Waals surface area contributed by atoms with E-state index in [9.17, 15) is 0 Å². The average Bonchev–Trinajstić information content (AvgIpc) is 2.94. The van der Waals surface area contributed by atoms with Crippen molar-refractivity contribution >= 4 is 0 Å². The molecular weight excluding hydrogens is 210 g/mol. The summed E-state index contributed by atoms with van der Waals surface area (Å²) in [6.07, 6.45) is 7.39. The van der Waals surface area contributed by atoms with Crippen LogP contribution in [0.2, 0.25) is 0 Å². The molecule has 2 fully saturated rings. The van der Waals surface area contributed by atoms with Crippen LogP contribution < -0.4 is 5.32 Å². The van der Waals surface area contributed by atoms with Gasteiger partial charge < -0.3 is 10.1 Å². The SMILES string of the molecule is CC1CC(OC(C)CNC2CC2)CC(C)(C)C1. The van der Waals surface area contributed by atoms with Gasteiger partial charge in [0.15, 0.2) is 0 Å². The second-order valence-corrected chi connectivity index (χ2v) is 7.16. The van der Waals surface area contributed by atoms with Crippen molar-refractivity contribution in [2.45, 2.75) is 78.0 Å². The molecule has 0 aliphatic heterocycles. The molecule has 0 bridgehead atoms. The zero-order valence-corrected chi connectivity index (χ0v) is 12.0. The minimum Gasteiger partial charge on any atom is -0.374 e. The van der Waals surface area contributed by atoms with Crippen LogP contribution in [0.4, 0.5) is 0 Å². The normalized spacial score (nSPS) is 34.6. The van der Waals surface area contributed by atoms with Crippen LogP contribution in [0.5, 0.6) is 0 Å². The van der Waals surface area contributed by atoms with Gasteiger partial charge in [0.1, 0.15) is 0 Å². The third-order valence-electron chi connectivity index (χ3n) is 4.04. The topological polar surface area (TPSA) is 21.3 Å². The maximum absolute atomic E-state index is 6.21. The predicted molar refractivity (Wildman–Crippen MR) is 72.2 cm³/mol. The molecule has 3 unspecified atom stereocenters. The lowest BCUT2D eigenvalue weighted by Gasteiger charge is -2.39. The number of hydrogen-bond acceptors (Lipinski definition) is 2. The van der Waals surface area contributed by atoms with Gasteiger partial charge in [0.2, 0.25) is 0 Å². The highest BCUT2D eigenvalue weighted by Gasteiger charge is 2.33. The van der Waals surface area contributed by atoms with E-state index in [2.05, 4.69) is 33.0 Å². The van der Waals surface area contributed by atoms with Crippen LogP contribution in [0.25, 0.3) is 0 Å². The molecule has 2 aliphatic carbocycles. The molecule has 17 heavy (non-hydrogen) atoms. The highest BCUT2D eigenvalue weighted by molar-refractivity contribution is 4.85. The molecule has 3 atom stereocenters. The molecule has 0 aromatic carbocycles. The van der Waals surface area contributed by atoms with Crippen molar-refractivity contribution in [2.75, 3.05) is 6.54 Å². The van der Waals surface area contributed by atoms with Crippen molar-refractivity contribution in [3.63, 3.8) is 0 Å². The second-order valence-electron chi connectivity index (χ2n) is 7.16. The van der Waals surface area contributed by atoms with Gasteiger partial charge in [0.05, 0.1) is 12.2 Å². The van der Waals surface area contributed by atoms with Crippen molar-refractivity contribution in [3.8, 4) is 0 Å². The van der Waals surface area contributed by atoms with Gasteiger partial charge in [-0.25, -0.2) is 0 Å². The summed E-state index contributed by atoms with van der Waals surface area (Å²) in [7, 11) is 0. The van der Waals surface area contributed by atoms with Crippen LogP contribution >= 0.6 is 0 Å². The highest BCUT2D eigenvalue weighted by atomic mass is 16.5. The first-order valence-electron chi connectivity index (χ1n) is 7.33. The summed E-state index contributed by atoms with van der Waals surface area (Å²) < 4.78 is 6.21. The van der Waals surface area contributed by atoms with Crippen molar-refractivity contribution in [3.05, 3.63) is 0 Å². The molecule has 0 saturated heterocycles. The number of rotatable bonds is 5. The monoisotopic (exact) mass is 239 g/mol. The molecule has 0 aromatic heterocycles. The molecule has 0 aromatic rings. The minimum absolute atomic E-state index is 0.363. The van der Waals surface area contributed by atoms with Crippen LogP contribution in [0.15, 0.2) is 0 Å². The second kappa shape index (κ2) is 5.27. The molecule has 2 saturated carbocycles. The van der Waals surface area contributed by atoms with E-state index in [0.29, 0.717) is 17.6 Å². The molecule has 2 rings (SSSR count). The lowest BCUT2D eigenvalue weighted by atomic mass is 9.71. The summed E-state index contributed by atoms with van der Waals surface area (Å²) in [5.41, 5.74) is 0.464. The molecule has 0 spiro atoms. The van der Waals surface area contributed by atoms with Crippen LogP contribution in [0.1, 0.15) is 59.8 Å². The van der Waals surface area contributed by atoms with Gasteiger partial charge in [0.25, 0.3) is 0 Å². The smallest absolute Gasteiger partial charge is 0.0675 e. The van der Waals surface area contributed by atoms with Crippen LogP contribution in [0, 0.1) is 11.3 Å². The van der Waals surface area contributed by atoms with Crippen LogP contribution in [-0.4, -0.2) is 24.8 Å². The molecule has 2 nitrogen and oxygen atoms in total. The summed E-state index contributed by atoms with van der Waals surface area (Å²) in [6, 6.07) is 0.794. The Morgan fingerprint density at radius 3 is 2.59 bits per heavy atom. The number of hydrogen-bond donors (Lipinski definition) is 1. The third-order valence-corrected chi connectivity index (χ3v) is 4.04. The molecular formula is C15H29NO. The van der Waals surface area contributed by atoms with Gasteiger partial charge in [-0.3, -0.25) is 0 Å². The number of nitrogens with one attached hydrogen (secondary N) is 1. The fraction of sp³-hybridized carbons (Fsp3) is 1.00. The average molecular weight is 239 g/mol. The Balaban J connectivity index is 1.72. The van der Waals surface area contributed by atoms with E-state index in [1.165, 1.54) is 32.1 Å². The highest BCUT2D eigenvalue weighted by Crippen LogP contribution is 2.39. The fourth-order valence-electron chi connectivity index (χ4n) is 3.36. The Labute approximate surface area is 107 Å². The van der Waals surface area contributed by atoms with E-state index in [1.54, 1.807) is 0 Å². The molecule has 2 heteroatoms. The Morgan fingerprint density at radius 2 is 2.00 bits per heavy atom. The van der Waals surface area contributed by atoms with E-state index in [-0.39, 0.29) is 0 Å². The molecule has 0 heterocycles. The van der Waals surface area contributed by atoms with E-state index < -0.39 is 0 Å². The Morgan fingerprint density at radius 1 is 1.29 bits per heavy atom. The van der Waals surface area contributed by atoms with E-state index in [4.69, 9.17) is 4.74 Å². The first-order valence-corrected chi connectivity index (χ1v) is 7.33. The van der Waals surface area contributed by atoms with Crippen LogP contribution in [0.3, 0.4) is 0 Å². The van der Waals surface area contributed by atoms with E-state index in [1.807, 2.05) is 0 Å². The van der Waals surface area contributed by atoms with Crippen LogP contribution in [-0.2, 0) is 4.74 Å². The minimum atomic E-state index is 0.363. The van der Waals surface area contributed by atoms with Crippen molar-refractivity contribution < 1.29 is 4.74 Å². The molecule has 0 radical (unpaired) electrons. The first kappa shape index (κ1) is 13.4. The quantitative estimate of drug-likeness (QED) is 0.794. The van der Waals surface area contributed by atoms with Gasteiger partial charge in [-0.05, 0) is 50.4 Å². The number of ether oxygens (including phenoxy) is 1.